The number of rotatable bonds is 7. The lowest BCUT2D eigenvalue weighted by Crippen LogP contribution is -2.22. The highest BCUT2D eigenvalue weighted by molar-refractivity contribution is 6.76. The molecule has 1 fully saturated rings. The number of ether oxygens (including phenoxy) is 3. The van der Waals surface area contributed by atoms with Crippen LogP contribution in [-0.4, -0.2) is 48.5 Å². The zero-order valence-electron chi connectivity index (χ0n) is 15.3. The lowest BCUT2D eigenvalue weighted by molar-refractivity contribution is 0.0898. The molecule has 2 aromatic rings. The highest BCUT2D eigenvalue weighted by atomic mass is 35.5. The summed E-state index contributed by atoms with van der Waals surface area (Å²) in [6.07, 6.45) is 2.40. The van der Waals surface area contributed by atoms with E-state index < -0.39 is 8.07 Å². The standard InChI is InChI=1S/C17H23ClN4O3Si/c1-26(2,3)7-6-24-11-22-9-12(8-19)14-15(22)20-17(18)21-16(14)25-13-4-5-23-10-13/h9,13H,4-7,10-11H2,1-3H3. The molecular formula is C17H23ClN4O3Si. The van der Waals surface area contributed by atoms with E-state index in [9.17, 15) is 5.26 Å². The molecule has 0 bridgehead atoms. The van der Waals surface area contributed by atoms with Crippen LogP contribution >= 0.6 is 11.6 Å². The molecule has 1 aliphatic heterocycles. The molecule has 0 aliphatic carbocycles. The van der Waals surface area contributed by atoms with Crippen LogP contribution in [0.2, 0.25) is 31.0 Å². The number of halogens is 1. The van der Waals surface area contributed by atoms with Crippen molar-refractivity contribution in [2.24, 2.45) is 0 Å². The summed E-state index contributed by atoms with van der Waals surface area (Å²) in [7, 11) is -1.15. The summed E-state index contributed by atoms with van der Waals surface area (Å²) in [5.74, 6) is 0.327. The number of hydrogen-bond donors (Lipinski definition) is 0. The minimum atomic E-state index is -1.15. The summed E-state index contributed by atoms with van der Waals surface area (Å²) in [5.41, 5.74) is 0.989. The Labute approximate surface area is 158 Å². The van der Waals surface area contributed by atoms with Crippen molar-refractivity contribution in [3.8, 4) is 11.9 Å². The van der Waals surface area contributed by atoms with Crippen LogP contribution in [0.15, 0.2) is 6.20 Å². The maximum absolute atomic E-state index is 9.51. The van der Waals surface area contributed by atoms with E-state index in [1.807, 2.05) is 0 Å². The van der Waals surface area contributed by atoms with E-state index in [0.29, 0.717) is 49.0 Å². The summed E-state index contributed by atoms with van der Waals surface area (Å²) < 4.78 is 18.9. The Morgan fingerprint density at radius 2 is 2.23 bits per heavy atom. The monoisotopic (exact) mass is 394 g/mol. The van der Waals surface area contributed by atoms with Gasteiger partial charge < -0.3 is 18.8 Å². The van der Waals surface area contributed by atoms with Crippen molar-refractivity contribution in [1.29, 1.82) is 5.26 Å². The Morgan fingerprint density at radius 1 is 1.42 bits per heavy atom. The predicted molar refractivity (Wildman–Crippen MR) is 101 cm³/mol. The average Bonchev–Trinajstić information content (AvgIpc) is 3.18. The van der Waals surface area contributed by atoms with Crippen LogP contribution in [0.3, 0.4) is 0 Å². The van der Waals surface area contributed by atoms with Crippen LogP contribution in [0.1, 0.15) is 12.0 Å². The second-order valence-electron chi connectivity index (χ2n) is 7.57. The van der Waals surface area contributed by atoms with Crippen LogP contribution in [-0.2, 0) is 16.2 Å². The fourth-order valence-electron chi connectivity index (χ4n) is 2.70. The van der Waals surface area contributed by atoms with Gasteiger partial charge >= 0.3 is 0 Å². The summed E-state index contributed by atoms with van der Waals surface area (Å²) in [4.78, 5) is 8.48. The number of nitrogens with zero attached hydrogens (tertiary/aromatic N) is 4. The summed E-state index contributed by atoms with van der Waals surface area (Å²) in [6, 6.07) is 3.26. The van der Waals surface area contributed by atoms with E-state index in [1.165, 1.54) is 0 Å². The molecule has 0 spiro atoms. The van der Waals surface area contributed by atoms with Crippen molar-refractivity contribution in [2.75, 3.05) is 19.8 Å². The Hall–Kier alpha value is -1.66. The van der Waals surface area contributed by atoms with Gasteiger partial charge in [0.05, 0.1) is 24.2 Å². The van der Waals surface area contributed by atoms with Crippen molar-refractivity contribution in [3.63, 3.8) is 0 Å². The first-order valence-corrected chi connectivity index (χ1v) is 12.7. The third kappa shape index (κ3) is 4.54. The van der Waals surface area contributed by atoms with Crippen molar-refractivity contribution in [3.05, 3.63) is 17.0 Å². The second-order valence-corrected chi connectivity index (χ2v) is 13.5. The quantitative estimate of drug-likeness (QED) is 0.406. The van der Waals surface area contributed by atoms with Gasteiger partial charge in [0.25, 0.3) is 0 Å². The van der Waals surface area contributed by atoms with E-state index in [4.69, 9.17) is 25.8 Å². The van der Waals surface area contributed by atoms with E-state index in [0.717, 1.165) is 12.5 Å². The molecule has 0 aromatic carbocycles. The molecule has 9 heteroatoms. The number of nitriles is 1. The molecule has 140 valence electrons. The molecule has 0 N–H and O–H groups in total. The average molecular weight is 395 g/mol. The van der Waals surface area contributed by atoms with Crippen LogP contribution in [0.25, 0.3) is 11.0 Å². The lowest BCUT2D eigenvalue weighted by Gasteiger charge is -2.15. The van der Waals surface area contributed by atoms with Gasteiger partial charge in [-0.3, -0.25) is 0 Å². The molecule has 1 aliphatic rings. The zero-order chi connectivity index (χ0) is 18.7. The molecule has 0 radical (unpaired) electrons. The molecule has 2 aromatic heterocycles. The third-order valence-corrected chi connectivity index (χ3v) is 6.04. The molecule has 3 rings (SSSR count). The van der Waals surface area contributed by atoms with Gasteiger partial charge in [0.2, 0.25) is 11.2 Å². The normalized spacial score (nSPS) is 17.6. The van der Waals surface area contributed by atoms with Gasteiger partial charge in [0.1, 0.15) is 18.9 Å². The first-order chi connectivity index (χ1) is 12.4. The van der Waals surface area contributed by atoms with Gasteiger partial charge in [0, 0.05) is 27.3 Å². The van der Waals surface area contributed by atoms with Crippen LogP contribution in [0.5, 0.6) is 5.88 Å². The number of aromatic nitrogens is 3. The first kappa shape index (κ1) is 19.1. The largest absolute Gasteiger partial charge is 0.471 e. The van der Waals surface area contributed by atoms with E-state index >= 15 is 0 Å². The predicted octanol–water partition coefficient (Wildman–Crippen LogP) is 3.44. The lowest BCUT2D eigenvalue weighted by atomic mass is 10.2. The Morgan fingerprint density at radius 3 is 2.88 bits per heavy atom. The minimum Gasteiger partial charge on any atom is -0.471 e. The van der Waals surface area contributed by atoms with Crippen LogP contribution < -0.4 is 4.74 Å². The van der Waals surface area contributed by atoms with Gasteiger partial charge in [-0.15, -0.1) is 0 Å². The smallest absolute Gasteiger partial charge is 0.229 e. The summed E-state index contributed by atoms with van der Waals surface area (Å²) >= 11 is 6.09. The highest BCUT2D eigenvalue weighted by Gasteiger charge is 2.23. The van der Waals surface area contributed by atoms with Crippen molar-refractivity contribution >= 4 is 30.7 Å². The van der Waals surface area contributed by atoms with Crippen LogP contribution in [0.4, 0.5) is 0 Å². The molecule has 1 unspecified atom stereocenters. The van der Waals surface area contributed by atoms with E-state index in [-0.39, 0.29) is 11.4 Å². The van der Waals surface area contributed by atoms with Gasteiger partial charge in [0.15, 0.2) is 5.65 Å². The number of hydrogen-bond acceptors (Lipinski definition) is 6. The van der Waals surface area contributed by atoms with Gasteiger partial charge in [-0.1, -0.05) is 19.6 Å². The van der Waals surface area contributed by atoms with Crippen molar-refractivity contribution in [2.45, 2.75) is 44.9 Å². The maximum atomic E-state index is 9.51. The molecule has 1 saturated heterocycles. The third-order valence-electron chi connectivity index (χ3n) is 4.17. The molecule has 0 amide bonds. The van der Waals surface area contributed by atoms with Gasteiger partial charge in [-0.2, -0.15) is 15.2 Å². The van der Waals surface area contributed by atoms with Crippen molar-refractivity contribution in [1.82, 2.24) is 14.5 Å². The number of fused-ring (bicyclic) bond motifs is 1. The Balaban J connectivity index is 1.85. The molecular weight excluding hydrogens is 372 g/mol. The second kappa shape index (κ2) is 7.92. The van der Waals surface area contributed by atoms with E-state index in [2.05, 4.69) is 35.7 Å². The molecule has 3 heterocycles. The van der Waals surface area contributed by atoms with Crippen LogP contribution in [0, 0.1) is 11.3 Å². The minimum absolute atomic E-state index is 0.0809. The highest BCUT2D eigenvalue weighted by Crippen LogP contribution is 2.30. The molecule has 7 nitrogen and oxygen atoms in total. The molecule has 1 atom stereocenters. The maximum Gasteiger partial charge on any atom is 0.229 e. The van der Waals surface area contributed by atoms with E-state index in [1.54, 1.807) is 10.8 Å². The SMILES string of the molecule is C[Si](C)(C)CCOCn1cc(C#N)c2c(OC3CCOC3)nc(Cl)nc21. The molecule has 26 heavy (non-hydrogen) atoms. The fraction of sp³-hybridized carbons (Fsp3) is 0.588. The summed E-state index contributed by atoms with van der Waals surface area (Å²) in [6.45, 7) is 9.06. The van der Waals surface area contributed by atoms with Gasteiger partial charge in [-0.05, 0) is 17.6 Å². The zero-order valence-corrected chi connectivity index (χ0v) is 17.0. The summed E-state index contributed by atoms with van der Waals surface area (Å²) in [5, 5.41) is 10.2. The first-order valence-electron chi connectivity index (χ1n) is 8.66. The Bertz CT molecular complexity index is 822. The van der Waals surface area contributed by atoms with Crippen molar-refractivity contribution < 1.29 is 14.2 Å². The molecule has 0 saturated carbocycles. The fourth-order valence-corrected chi connectivity index (χ4v) is 3.62. The topological polar surface area (TPSA) is 82.2 Å². The Kier molecular flexibility index (Phi) is 5.82. The van der Waals surface area contributed by atoms with Gasteiger partial charge in [-0.25, -0.2) is 0 Å².